The predicted molar refractivity (Wildman–Crippen MR) is 168 cm³/mol. The maximum Gasteiger partial charge on any atom is 0.243 e. The Labute approximate surface area is 307 Å². The van der Waals surface area contributed by atoms with Gasteiger partial charge in [-0.3, -0.25) is 0 Å². The van der Waals surface area contributed by atoms with E-state index in [4.69, 9.17) is 37.9 Å². The maximum atomic E-state index is 11.4. The van der Waals surface area contributed by atoms with Crippen molar-refractivity contribution in [3.63, 3.8) is 0 Å². The van der Waals surface area contributed by atoms with Crippen LogP contribution >= 0.6 is 0 Å². The molecule has 5 saturated heterocycles. The Kier molecular flexibility index (Phi) is 12.0. The zero-order chi connectivity index (χ0) is 38.6. The molecule has 22 nitrogen and oxygen atoms in total. The summed E-state index contributed by atoms with van der Waals surface area (Å²) in [6.07, 6.45) is -22.7. The fraction of sp³-hybridized carbons (Fsp3) is 0.812. The third-order valence-electron chi connectivity index (χ3n) is 10.5. The van der Waals surface area contributed by atoms with E-state index in [1.165, 1.54) is 0 Å². The number of aliphatic hydroxyl groups excluding tert-OH is 10. The third kappa shape index (κ3) is 7.96. The average molecular weight is 779 g/mol. The van der Waals surface area contributed by atoms with Gasteiger partial charge in [-0.1, -0.05) is 0 Å². The summed E-state index contributed by atoms with van der Waals surface area (Å²) in [7, 11) is 3.55. The van der Waals surface area contributed by atoms with Crippen LogP contribution in [-0.2, 0) is 65.1 Å². The van der Waals surface area contributed by atoms with Crippen LogP contribution in [0.15, 0.2) is 37.4 Å². The molecule has 0 radical (unpaired) electrons. The Morgan fingerprint density at radius 2 is 0.852 bits per heavy atom. The molecule has 0 aliphatic carbocycles. The molecule has 304 valence electrons. The van der Waals surface area contributed by atoms with Crippen molar-refractivity contribution in [2.24, 2.45) is 14.1 Å². The van der Waals surface area contributed by atoms with Crippen LogP contribution in [0, 0.1) is 0 Å². The summed E-state index contributed by atoms with van der Waals surface area (Å²) >= 11 is 0. The minimum Gasteiger partial charge on any atom is -0.387 e. The van der Waals surface area contributed by atoms with Gasteiger partial charge in [-0.25, -0.2) is 18.3 Å². The number of fused-ring (bicyclic) bond motifs is 8. The molecule has 22 heteroatoms. The first-order valence-corrected chi connectivity index (χ1v) is 17.7. The van der Waals surface area contributed by atoms with E-state index in [2.05, 4.69) is 0 Å². The summed E-state index contributed by atoms with van der Waals surface area (Å²) in [5.41, 5.74) is 0. The second-order valence-corrected chi connectivity index (χ2v) is 14.5. The Hall–Kier alpha value is -2.30. The number of nitrogens with zero attached hydrogens (tertiary/aromatic N) is 4. The highest BCUT2D eigenvalue weighted by Gasteiger charge is 2.55. The van der Waals surface area contributed by atoms with Gasteiger partial charge in [0.2, 0.25) is 12.7 Å². The molecule has 0 saturated carbocycles. The number of rotatable bonds is 4. The summed E-state index contributed by atoms with van der Waals surface area (Å²) in [4.78, 5) is 0. The van der Waals surface area contributed by atoms with E-state index >= 15 is 0 Å². The number of imidazole rings is 2. The lowest BCUT2D eigenvalue weighted by Crippen LogP contribution is -2.67. The van der Waals surface area contributed by atoms with Crippen molar-refractivity contribution in [1.82, 2.24) is 9.13 Å². The van der Waals surface area contributed by atoms with Crippen molar-refractivity contribution < 1.29 is 98.1 Å². The Morgan fingerprint density at radius 1 is 0.463 bits per heavy atom. The largest absolute Gasteiger partial charge is 0.387 e. The number of aryl methyl sites for hydroxylation is 2. The van der Waals surface area contributed by atoms with Crippen LogP contribution in [0.2, 0.25) is 0 Å². The fourth-order valence-electron chi connectivity index (χ4n) is 7.36. The highest BCUT2D eigenvalue weighted by molar-refractivity contribution is 4.98. The summed E-state index contributed by atoms with van der Waals surface area (Å²) < 4.78 is 54.0. The quantitative estimate of drug-likeness (QED) is 0.129. The zero-order valence-corrected chi connectivity index (χ0v) is 29.4. The second kappa shape index (κ2) is 16.3. The van der Waals surface area contributed by atoms with E-state index in [-0.39, 0.29) is 13.1 Å². The smallest absolute Gasteiger partial charge is 0.243 e. The lowest BCUT2D eigenvalue weighted by atomic mass is 9.95. The van der Waals surface area contributed by atoms with Crippen molar-refractivity contribution >= 4 is 0 Å². The molecule has 5 fully saturated rings. The second-order valence-electron chi connectivity index (χ2n) is 14.5. The normalized spacial score (nSPS) is 47.8. The first kappa shape index (κ1) is 39.9. The Balaban J connectivity index is 1.20. The Morgan fingerprint density at radius 3 is 1.20 bits per heavy atom. The minimum absolute atomic E-state index is 0.0148. The van der Waals surface area contributed by atoms with Gasteiger partial charge in [0.15, 0.2) is 25.2 Å². The molecule has 0 unspecified atom stereocenters. The van der Waals surface area contributed by atoms with Gasteiger partial charge in [-0.15, -0.1) is 0 Å². The molecule has 5 aliphatic heterocycles. The van der Waals surface area contributed by atoms with Crippen LogP contribution in [0.3, 0.4) is 0 Å². The van der Waals surface area contributed by atoms with Crippen molar-refractivity contribution in [2.45, 2.75) is 136 Å². The van der Waals surface area contributed by atoms with Gasteiger partial charge in [0.1, 0.15) is 136 Å². The molecule has 5 aliphatic rings. The Bertz CT molecular complexity index is 1430. The van der Waals surface area contributed by atoms with Gasteiger partial charge in [-0.2, -0.15) is 0 Å². The molecule has 54 heavy (non-hydrogen) atoms. The monoisotopic (exact) mass is 778 g/mol. The topological polar surface area (TPSA) is 294 Å². The molecular formula is C32H50N4O18+2. The van der Waals surface area contributed by atoms with E-state index in [9.17, 15) is 51.1 Å². The highest BCUT2D eigenvalue weighted by Crippen LogP contribution is 2.34. The molecule has 0 aromatic carbocycles. The molecule has 7 heterocycles. The lowest BCUT2D eigenvalue weighted by Gasteiger charge is -2.48. The number of aromatic nitrogens is 4. The van der Waals surface area contributed by atoms with Crippen LogP contribution in [0.25, 0.3) is 0 Å². The molecule has 0 spiro atoms. The van der Waals surface area contributed by atoms with Gasteiger partial charge in [0.05, 0.1) is 27.3 Å². The number of hydrogen-bond acceptors (Lipinski definition) is 18. The summed E-state index contributed by atoms with van der Waals surface area (Å²) in [5, 5.41) is 111. The van der Waals surface area contributed by atoms with Gasteiger partial charge >= 0.3 is 0 Å². The van der Waals surface area contributed by atoms with E-state index in [1.807, 2.05) is 0 Å². The zero-order valence-electron chi connectivity index (χ0n) is 29.4. The van der Waals surface area contributed by atoms with Crippen LogP contribution in [0.1, 0.15) is 0 Å². The van der Waals surface area contributed by atoms with E-state index in [0.29, 0.717) is 0 Å². The fourth-order valence-corrected chi connectivity index (χ4v) is 7.36. The van der Waals surface area contributed by atoms with Crippen molar-refractivity contribution in [3.8, 4) is 0 Å². The number of aliphatic hydroxyl groups is 10. The van der Waals surface area contributed by atoms with E-state index in [1.54, 1.807) is 69.8 Å². The first-order chi connectivity index (χ1) is 25.7. The molecule has 0 amide bonds. The summed E-state index contributed by atoms with van der Waals surface area (Å²) in [6.45, 7) is -1.18. The SMILES string of the molecule is C[n+]1ccn(C[C@H]2O[C@@H]3OC[C@H]4O[C@H](O[C@@H]5[C@@H](O)[C@@H](OC[C@H]6O[C@H](O[C@H]([C@H]3O)[C@@H]2O)[C@H](O)[C@@H](O)[C@@H]6O)O[C@H](Cn2cc[n+](C)c2)[C@H]5O)[C@H](O)[C@@H](O)[C@@H]4O)c1. The third-order valence-corrected chi connectivity index (χ3v) is 10.5. The molecule has 7 rings (SSSR count). The molecule has 8 bridgehead atoms. The summed E-state index contributed by atoms with van der Waals surface area (Å²) in [5.74, 6) is 0. The molecular weight excluding hydrogens is 728 g/mol. The maximum absolute atomic E-state index is 11.4. The van der Waals surface area contributed by atoms with E-state index < -0.39 is 136 Å². The van der Waals surface area contributed by atoms with Crippen LogP contribution in [-0.4, -0.2) is 196 Å². The van der Waals surface area contributed by atoms with Crippen molar-refractivity contribution in [1.29, 1.82) is 0 Å². The molecule has 2 aromatic heterocycles. The number of ether oxygens (including phenoxy) is 8. The van der Waals surface area contributed by atoms with Crippen LogP contribution < -0.4 is 9.13 Å². The van der Waals surface area contributed by atoms with Gasteiger partial charge < -0.3 is 89.0 Å². The standard InChI is InChI=1S/C32H50N4O18/c1-33-3-5-35(11-33)7-13-19(39)27-25(45)29(49-13)47-9-15-17(37)22(42)24(44)32(52-15)54-28-20(40)14(8-36-6-4-34(2)12-36)50-30(26(28)46)48-10-16-18(38)21(41)23(43)31(51-16)53-27/h3-6,11-32,37-46H,7-10H2,1-2H3/q+2/t13-,14-,15-,16-,17-,18-,19-,20-,21+,22+,23-,24-,25-,26-,27+,28+,29+,30+,31-,32-/m1/s1. The molecule has 20 atom stereocenters. The number of hydrogen-bond donors (Lipinski definition) is 10. The molecule has 2 aromatic rings. The first-order valence-electron chi connectivity index (χ1n) is 17.7. The highest BCUT2D eigenvalue weighted by atomic mass is 16.8. The average Bonchev–Trinajstić information content (AvgIpc) is 3.76. The molecule has 10 N–H and O–H groups in total. The minimum atomic E-state index is -1.89. The lowest BCUT2D eigenvalue weighted by molar-refractivity contribution is -0.671. The van der Waals surface area contributed by atoms with Gasteiger partial charge in [-0.05, 0) is 0 Å². The van der Waals surface area contributed by atoms with Crippen LogP contribution in [0.4, 0.5) is 0 Å². The predicted octanol–water partition coefficient (Wildman–Crippen LogP) is -8.04. The van der Waals surface area contributed by atoms with Crippen molar-refractivity contribution in [3.05, 3.63) is 37.4 Å². The van der Waals surface area contributed by atoms with Crippen molar-refractivity contribution in [2.75, 3.05) is 13.2 Å². The van der Waals surface area contributed by atoms with E-state index in [0.717, 1.165) is 0 Å². The van der Waals surface area contributed by atoms with Crippen LogP contribution in [0.5, 0.6) is 0 Å². The van der Waals surface area contributed by atoms with Gasteiger partial charge in [0, 0.05) is 0 Å². The summed E-state index contributed by atoms with van der Waals surface area (Å²) in [6, 6.07) is 0. The van der Waals surface area contributed by atoms with Gasteiger partial charge in [0.25, 0.3) is 0 Å².